The molecule has 23 heavy (non-hydrogen) atoms. The molecule has 2 aromatic carbocycles. The molecule has 2 amide bonds. The van der Waals surface area contributed by atoms with Gasteiger partial charge in [-0.1, -0.05) is 17.7 Å². The molecule has 0 fully saturated rings. The first kappa shape index (κ1) is 14.9. The number of nitrogens with one attached hydrogen (secondary N) is 3. The first-order valence-corrected chi connectivity index (χ1v) is 7.24. The normalized spacial score (nSPS) is 10.6. The number of aryl methyl sites for hydroxylation is 2. The van der Waals surface area contributed by atoms with Crippen LogP contribution < -0.4 is 15.4 Å². The third kappa shape index (κ3) is 3.11. The predicted molar refractivity (Wildman–Crippen MR) is 91.2 cm³/mol. The summed E-state index contributed by atoms with van der Waals surface area (Å²) in [6, 6.07) is 11.0. The van der Waals surface area contributed by atoms with Gasteiger partial charge in [-0.2, -0.15) is 5.10 Å². The average molecular weight is 310 g/mol. The second kappa shape index (κ2) is 6.00. The largest absolute Gasteiger partial charge is 0.497 e. The van der Waals surface area contributed by atoms with E-state index < -0.39 is 0 Å². The minimum atomic E-state index is -0.340. The smallest absolute Gasteiger partial charge is 0.324 e. The Morgan fingerprint density at radius 1 is 1.13 bits per heavy atom. The second-order valence-corrected chi connectivity index (χ2v) is 5.38. The lowest BCUT2D eigenvalue weighted by Gasteiger charge is -2.09. The molecule has 0 saturated heterocycles. The third-order valence-electron chi connectivity index (χ3n) is 3.63. The molecule has 0 aliphatic rings. The molecule has 3 aromatic rings. The van der Waals surface area contributed by atoms with Gasteiger partial charge in [0.1, 0.15) is 5.75 Å². The molecule has 1 aromatic heterocycles. The molecule has 0 aliphatic carbocycles. The maximum Gasteiger partial charge on any atom is 0.324 e. The van der Waals surface area contributed by atoms with Crippen molar-refractivity contribution < 1.29 is 9.53 Å². The van der Waals surface area contributed by atoms with Crippen LogP contribution in [0.1, 0.15) is 11.1 Å². The monoisotopic (exact) mass is 310 g/mol. The second-order valence-electron chi connectivity index (χ2n) is 5.38. The van der Waals surface area contributed by atoms with Crippen LogP contribution in [0, 0.1) is 13.8 Å². The lowest BCUT2D eigenvalue weighted by Crippen LogP contribution is -2.20. The first-order chi connectivity index (χ1) is 11.1. The van der Waals surface area contributed by atoms with Gasteiger partial charge in [0.2, 0.25) is 0 Å². The summed E-state index contributed by atoms with van der Waals surface area (Å²) >= 11 is 0. The van der Waals surface area contributed by atoms with Crippen molar-refractivity contribution in [2.24, 2.45) is 0 Å². The van der Waals surface area contributed by atoms with E-state index in [4.69, 9.17) is 4.74 Å². The fourth-order valence-corrected chi connectivity index (χ4v) is 2.43. The van der Waals surface area contributed by atoms with Gasteiger partial charge < -0.3 is 10.1 Å². The molecule has 0 radical (unpaired) electrons. The van der Waals surface area contributed by atoms with E-state index in [-0.39, 0.29) is 6.03 Å². The summed E-state index contributed by atoms with van der Waals surface area (Å²) < 4.78 is 5.20. The van der Waals surface area contributed by atoms with Crippen molar-refractivity contribution in [2.75, 3.05) is 17.7 Å². The maximum atomic E-state index is 12.2. The molecule has 118 valence electrons. The molecule has 0 spiro atoms. The minimum absolute atomic E-state index is 0.340. The van der Waals surface area contributed by atoms with Gasteiger partial charge in [-0.15, -0.1) is 0 Å². The summed E-state index contributed by atoms with van der Waals surface area (Å²) in [5.74, 6) is 1.16. The maximum absolute atomic E-state index is 12.2. The van der Waals surface area contributed by atoms with Gasteiger partial charge in [-0.25, -0.2) is 4.79 Å². The van der Waals surface area contributed by atoms with E-state index in [9.17, 15) is 4.79 Å². The van der Waals surface area contributed by atoms with Crippen molar-refractivity contribution >= 4 is 28.4 Å². The standard InChI is InChI=1S/C17H18N4O2/c1-10-4-6-14(11(2)8-10)18-17(22)19-16-13-9-12(23-3)5-7-15(13)20-21-16/h4-9H,1-3H3,(H3,18,19,20,21,22). The van der Waals surface area contributed by atoms with Gasteiger partial charge in [-0.05, 0) is 43.7 Å². The topological polar surface area (TPSA) is 79.0 Å². The Balaban J connectivity index is 1.80. The number of hydrogen-bond acceptors (Lipinski definition) is 3. The Hall–Kier alpha value is -3.02. The van der Waals surface area contributed by atoms with Crippen LogP contribution >= 0.6 is 0 Å². The van der Waals surface area contributed by atoms with Gasteiger partial charge in [0.15, 0.2) is 5.82 Å². The van der Waals surface area contributed by atoms with Crippen molar-refractivity contribution in [1.82, 2.24) is 10.2 Å². The fourth-order valence-electron chi connectivity index (χ4n) is 2.43. The number of benzene rings is 2. The average Bonchev–Trinajstić information content (AvgIpc) is 2.92. The van der Waals surface area contributed by atoms with Crippen molar-refractivity contribution in [3.05, 3.63) is 47.5 Å². The number of rotatable bonds is 3. The van der Waals surface area contributed by atoms with Crippen LogP contribution in [0.15, 0.2) is 36.4 Å². The number of amides is 2. The lowest BCUT2D eigenvalue weighted by molar-refractivity contribution is 0.262. The zero-order valence-corrected chi connectivity index (χ0v) is 13.2. The number of fused-ring (bicyclic) bond motifs is 1. The molecule has 0 unspecified atom stereocenters. The molecule has 1 heterocycles. The quantitative estimate of drug-likeness (QED) is 0.688. The number of aromatic amines is 1. The number of carbonyl (C=O) groups excluding carboxylic acids is 1. The van der Waals surface area contributed by atoms with Crippen LogP contribution in [0.5, 0.6) is 5.75 Å². The summed E-state index contributed by atoms with van der Waals surface area (Å²) in [6.45, 7) is 3.97. The van der Waals surface area contributed by atoms with E-state index in [2.05, 4.69) is 20.8 Å². The first-order valence-electron chi connectivity index (χ1n) is 7.24. The molecule has 6 nitrogen and oxygen atoms in total. The molecule has 0 atom stereocenters. The van der Waals surface area contributed by atoms with Crippen LogP contribution in [-0.4, -0.2) is 23.3 Å². The van der Waals surface area contributed by atoms with Crippen LogP contribution in [-0.2, 0) is 0 Å². The fraction of sp³-hybridized carbons (Fsp3) is 0.176. The summed E-state index contributed by atoms with van der Waals surface area (Å²) in [6.07, 6.45) is 0. The molecular weight excluding hydrogens is 292 g/mol. The van der Waals surface area contributed by atoms with Gasteiger partial charge in [-0.3, -0.25) is 10.4 Å². The van der Waals surface area contributed by atoms with E-state index in [1.165, 1.54) is 0 Å². The Labute approximate surface area is 133 Å². The van der Waals surface area contributed by atoms with E-state index in [1.807, 2.05) is 50.2 Å². The van der Waals surface area contributed by atoms with Gasteiger partial charge >= 0.3 is 6.03 Å². The highest BCUT2D eigenvalue weighted by Crippen LogP contribution is 2.25. The summed E-state index contributed by atoms with van der Waals surface area (Å²) in [7, 11) is 1.60. The zero-order valence-electron chi connectivity index (χ0n) is 13.2. The third-order valence-corrected chi connectivity index (χ3v) is 3.63. The number of urea groups is 1. The minimum Gasteiger partial charge on any atom is -0.497 e. The van der Waals surface area contributed by atoms with Gasteiger partial charge in [0.25, 0.3) is 0 Å². The summed E-state index contributed by atoms with van der Waals surface area (Å²) in [5, 5.41) is 13.4. The predicted octanol–water partition coefficient (Wildman–Crippen LogP) is 3.83. The summed E-state index contributed by atoms with van der Waals surface area (Å²) in [4.78, 5) is 12.2. The Morgan fingerprint density at radius 2 is 1.96 bits per heavy atom. The van der Waals surface area contributed by atoms with E-state index in [0.29, 0.717) is 11.6 Å². The molecule has 3 N–H and O–H groups in total. The summed E-state index contributed by atoms with van der Waals surface area (Å²) in [5.41, 5.74) is 3.76. The molecular formula is C17H18N4O2. The van der Waals surface area contributed by atoms with E-state index in [0.717, 1.165) is 27.7 Å². The van der Waals surface area contributed by atoms with Crippen LogP contribution in [0.2, 0.25) is 0 Å². The molecule has 0 saturated carbocycles. The van der Waals surface area contributed by atoms with Crippen molar-refractivity contribution in [3.63, 3.8) is 0 Å². The van der Waals surface area contributed by atoms with Gasteiger partial charge in [0, 0.05) is 11.1 Å². The Bertz CT molecular complexity index is 870. The number of carbonyl (C=O) groups is 1. The molecule has 6 heteroatoms. The van der Waals surface area contributed by atoms with Crippen LogP contribution in [0.3, 0.4) is 0 Å². The van der Waals surface area contributed by atoms with Crippen molar-refractivity contribution in [1.29, 1.82) is 0 Å². The number of H-pyrrole nitrogens is 1. The van der Waals surface area contributed by atoms with Crippen molar-refractivity contribution in [2.45, 2.75) is 13.8 Å². The molecule has 0 bridgehead atoms. The van der Waals surface area contributed by atoms with Crippen LogP contribution in [0.25, 0.3) is 10.9 Å². The number of methoxy groups -OCH3 is 1. The van der Waals surface area contributed by atoms with Crippen molar-refractivity contribution in [3.8, 4) is 5.75 Å². The SMILES string of the molecule is COc1ccc2[nH]nc(NC(=O)Nc3ccc(C)cc3C)c2c1. The van der Waals surface area contributed by atoms with E-state index in [1.54, 1.807) is 7.11 Å². The molecule has 0 aliphatic heterocycles. The lowest BCUT2D eigenvalue weighted by atomic mass is 10.1. The number of nitrogens with zero attached hydrogens (tertiary/aromatic N) is 1. The van der Waals surface area contributed by atoms with Gasteiger partial charge in [0.05, 0.1) is 12.6 Å². The number of anilines is 2. The highest BCUT2D eigenvalue weighted by atomic mass is 16.5. The number of ether oxygens (including phenoxy) is 1. The Kier molecular flexibility index (Phi) is 3.89. The molecule has 3 rings (SSSR count). The number of aromatic nitrogens is 2. The zero-order chi connectivity index (χ0) is 16.4. The van der Waals surface area contributed by atoms with Crippen LogP contribution in [0.4, 0.5) is 16.3 Å². The highest BCUT2D eigenvalue weighted by Gasteiger charge is 2.11. The number of hydrogen-bond donors (Lipinski definition) is 3. The van der Waals surface area contributed by atoms with E-state index >= 15 is 0 Å². The highest BCUT2D eigenvalue weighted by molar-refractivity contribution is 6.05. The Morgan fingerprint density at radius 3 is 2.70 bits per heavy atom.